The third-order valence-electron chi connectivity index (χ3n) is 11.1. The van der Waals surface area contributed by atoms with E-state index in [0.717, 1.165) is 45.4 Å². The van der Waals surface area contributed by atoms with Gasteiger partial charge in [-0.1, -0.05) is 201 Å². The fraction of sp³-hybridized carbons (Fsp3) is 0.339. The summed E-state index contributed by atoms with van der Waals surface area (Å²) in [5, 5.41) is 0. The molecule has 0 amide bonds. The minimum Gasteiger partial charge on any atom is -0.431 e. The van der Waals surface area contributed by atoms with Crippen molar-refractivity contribution in [1.29, 1.82) is 0 Å². The van der Waals surface area contributed by atoms with Gasteiger partial charge >= 0.3 is 12.3 Å². The van der Waals surface area contributed by atoms with Gasteiger partial charge in [0, 0.05) is 12.8 Å². The zero-order chi connectivity index (χ0) is 46.0. The molecule has 0 fully saturated rings. The van der Waals surface area contributed by atoms with E-state index in [1.54, 1.807) is 6.92 Å². The smallest absolute Gasteiger partial charge is 0.431 e. The summed E-state index contributed by atoms with van der Waals surface area (Å²) in [6, 6.07) is 19.0. The Labute approximate surface area is 376 Å². The van der Waals surface area contributed by atoms with Crippen molar-refractivity contribution < 1.29 is 33.3 Å². The molecule has 0 aliphatic heterocycles. The van der Waals surface area contributed by atoms with E-state index in [4.69, 9.17) is 18.9 Å². The van der Waals surface area contributed by atoms with Crippen LogP contribution in [0.25, 0.3) is 0 Å². The normalized spacial score (nSPS) is 20.2. The summed E-state index contributed by atoms with van der Waals surface area (Å²) < 4.78 is 21.8. The molecule has 2 unspecified atom stereocenters. The maximum Gasteiger partial charge on any atom is 0.509 e. The molecule has 7 nitrogen and oxygen atoms in total. The van der Waals surface area contributed by atoms with Gasteiger partial charge in [-0.3, -0.25) is 4.79 Å². The fourth-order valence-corrected chi connectivity index (χ4v) is 7.75. The number of hydrogen-bond acceptors (Lipinski definition) is 7. The molecule has 0 radical (unpaired) electrons. The van der Waals surface area contributed by atoms with Crippen molar-refractivity contribution in [1.82, 2.24) is 0 Å². The molecule has 2 aromatic rings. The van der Waals surface area contributed by atoms with Crippen LogP contribution >= 0.6 is 0 Å². The maximum atomic E-state index is 13.2. The van der Waals surface area contributed by atoms with Crippen LogP contribution in [0.5, 0.6) is 0 Å². The zero-order valence-corrected chi connectivity index (χ0v) is 38.9. The highest BCUT2D eigenvalue weighted by atomic mass is 16.7. The molecular weight excluding hydrogens is 785 g/mol. The number of ketones is 1. The van der Waals surface area contributed by atoms with E-state index >= 15 is 0 Å². The van der Waals surface area contributed by atoms with Crippen molar-refractivity contribution in [3.63, 3.8) is 0 Å². The molecule has 0 bridgehead atoms. The summed E-state index contributed by atoms with van der Waals surface area (Å²) in [5.74, 6) is -0.199. The Morgan fingerprint density at radius 2 is 1.02 bits per heavy atom. The van der Waals surface area contributed by atoms with E-state index in [9.17, 15) is 14.4 Å². The lowest BCUT2D eigenvalue weighted by molar-refractivity contribution is -0.127. The zero-order valence-electron chi connectivity index (χ0n) is 38.9. The number of benzene rings is 2. The first-order chi connectivity index (χ1) is 29.9. The van der Waals surface area contributed by atoms with Crippen LogP contribution in [-0.4, -0.2) is 30.3 Å². The molecule has 2 aromatic carbocycles. The van der Waals surface area contributed by atoms with E-state index in [1.807, 2.05) is 104 Å². The Balaban J connectivity index is 1.23. The van der Waals surface area contributed by atoms with Crippen LogP contribution in [0.4, 0.5) is 9.59 Å². The van der Waals surface area contributed by atoms with Crippen molar-refractivity contribution in [3.05, 3.63) is 201 Å². The van der Waals surface area contributed by atoms with Gasteiger partial charge in [0.2, 0.25) is 0 Å². The summed E-state index contributed by atoms with van der Waals surface area (Å²) in [6.45, 7) is 20.9. The molecule has 0 N–H and O–H groups in total. The molecular formula is C56H66O7. The van der Waals surface area contributed by atoms with Gasteiger partial charge in [-0.25, -0.2) is 9.59 Å². The highest BCUT2D eigenvalue weighted by Crippen LogP contribution is 2.43. The third kappa shape index (κ3) is 16.5. The Morgan fingerprint density at radius 3 is 1.51 bits per heavy atom. The summed E-state index contributed by atoms with van der Waals surface area (Å²) in [7, 11) is 0. The molecule has 0 heterocycles. The Morgan fingerprint density at radius 1 is 0.587 bits per heavy atom. The molecule has 2 aliphatic rings. The molecule has 7 heteroatoms. The molecule has 4 rings (SSSR count). The number of carbonyl (C=O) groups excluding carboxylic acids is 3. The summed E-state index contributed by atoms with van der Waals surface area (Å²) >= 11 is 0. The van der Waals surface area contributed by atoms with Crippen molar-refractivity contribution in [3.8, 4) is 0 Å². The van der Waals surface area contributed by atoms with Crippen molar-refractivity contribution in [2.75, 3.05) is 0 Å². The topological polar surface area (TPSA) is 88.1 Å². The lowest BCUT2D eigenvalue weighted by atomic mass is 9.71. The van der Waals surface area contributed by atoms with Gasteiger partial charge in [-0.15, -0.1) is 0 Å². The SMILES string of the molecule is CC1=C(/C=C/C(C)=C/C=C/C(C)=C/C=C/C=C(C)/C=C/C=C(C)/C=C/C2=C(C)C(=O)C(OC(=O)OCc3ccccc3)CC2(C)C)C(C)(C)CC(OC(=O)OCc2ccccc2)C1. The summed E-state index contributed by atoms with van der Waals surface area (Å²) in [4.78, 5) is 38.0. The first-order valence-electron chi connectivity index (χ1n) is 21.7. The van der Waals surface area contributed by atoms with Gasteiger partial charge in [0.25, 0.3) is 0 Å². The van der Waals surface area contributed by atoms with Crippen LogP contribution in [0, 0.1) is 10.8 Å². The molecule has 63 heavy (non-hydrogen) atoms. The molecule has 0 spiro atoms. The van der Waals surface area contributed by atoms with Crippen molar-refractivity contribution in [2.24, 2.45) is 10.8 Å². The average molecular weight is 851 g/mol. The van der Waals surface area contributed by atoms with Crippen LogP contribution in [-0.2, 0) is 37.0 Å². The number of Topliss-reactive ketones (excluding diaryl/α,β-unsaturated/α-hetero) is 1. The van der Waals surface area contributed by atoms with Gasteiger partial charge in [0.15, 0.2) is 11.9 Å². The molecule has 2 atom stereocenters. The van der Waals surface area contributed by atoms with E-state index in [-0.39, 0.29) is 35.9 Å². The highest BCUT2D eigenvalue weighted by molar-refractivity contribution is 6.01. The second kappa shape index (κ2) is 23.9. The number of allylic oxidation sites excluding steroid dienone is 20. The first kappa shape index (κ1) is 49.4. The van der Waals surface area contributed by atoms with Crippen LogP contribution in [0.3, 0.4) is 0 Å². The Bertz CT molecular complexity index is 2260. The Hall–Kier alpha value is -6.21. The van der Waals surface area contributed by atoms with Gasteiger partial charge in [-0.2, -0.15) is 0 Å². The van der Waals surface area contributed by atoms with E-state index in [0.29, 0.717) is 18.4 Å². The summed E-state index contributed by atoms with van der Waals surface area (Å²) in [5.41, 5.74) is 9.66. The monoisotopic (exact) mass is 850 g/mol. The quantitative estimate of drug-likeness (QED) is 0.123. The van der Waals surface area contributed by atoms with Crippen LogP contribution in [0.1, 0.15) is 99.6 Å². The fourth-order valence-electron chi connectivity index (χ4n) is 7.75. The van der Waals surface area contributed by atoms with Crippen molar-refractivity contribution in [2.45, 2.75) is 114 Å². The maximum absolute atomic E-state index is 13.2. The van der Waals surface area contributed by atoms with Gasteiger partial charge in [-0.05, 0) is 86.6 Å². The average Bonchev–Trinajstić information content (AvgIpc) is 3.22. The van der Waals surface area contributed by atoms with Gasteiger partial charge < -0.3 is 18.9 Å². The van der Waals surface area contributed by atoms with Crippen LogP contribution < -0.4 is 0 Å². The van der Waals surface area contributed by atoms with E-state index < -0.39 is 18.4 Å². The number of ether oxygens (including phenoxy) is 4. The number of hydrogen-bond donors (Lipinski definition) is 0. The van der Waals surface area contributed by atoms with Gasteiger partial charge in [0.05, 0.1) is 0 Å². The predicted octanol–water partition coefficient (Wildman–Crippen LogP) is 14.4. The second-order valence-electron chi connectivity index (χ2n) is 17.8. The Kier molecular flexibility index (Phi) is 18.7. The number of carbonyl (C=O) groups is 3. The third-order valence-corrected chi connectivity index (χ3v) is 11.1. The predicted molar refractivity (Wildman–Crippen MR) is 256 cm³/mol. The molecule has 0 saturated heterocycles. The molecule has 0 saturated carbocycles. The lowest BCUT2D eigenvalue weighted by Gasteiger charge is -2.37. The molecule has 332 valence electrons. The van der Waals surface area contributed by atoms with E-state index in [2.05, 4.69) is 104 Å². The van der Waals surface area contributed by atoms with Gasteiger partial charge in [0.1, 0.15) is 19.3 Å². The van der Waals surface area contributed by atoms with E-state index in [1.165, 1.54) is 11.1 Å². The van der Waals surface area contributed by atoms with Crippen LogP contribution in [0.15, 0.2) is 190 Å². The standard InChI is InChI=1S/C56H66O7/c1-40(23-19-25-42(3)31-33-49-44(5)35-48(36-55(49,7)8)62-53(58)60-38-46-27-13-11-14-28-46)21-17-18-22-41(2)24-20-26-43(4)32-34-50-45(6)52(57)51(37-56(50,9)10)63-54(59)61-39-47-29-15-12-16-30-47/h11-34,48,51H,35-39H2,1-10H3/b18-17+,23-19+,24-20+,33-31+,34-32+,40-21+,41-22+,42-25+,43-26+. The summed E-state index contributed by atoms with van der Waals surface area (Å²) in [6.07, 6.45) is 28.1. The lowest BCUT2D eigenvalue weighted by Crippen LogP contribution is -2.39. The van der Waals surface area contributed by atoms with Crippen molar-refractivity contribution >= 4 is 18.1 Å². The minimum absolute atomic E-state index is 0.0885. The minimum atomic E-state index is -0.882. The molecule has 2 aliphatic carbocycles. The largest absolute Gasteiger partial charge is 0.509 e. The number of rotatable bonds is 16. The first-order valence-corrected chi connectivity index (χ1v) is 21.7. The second-order valence-corrected chi connectivity index (χ2v) is 17.8. The molecule has 0 aromatic heterocycles. The van der Waals surface area contributed by atoms with Crippen LogP contribution in [0.2, 0.25) is 0 Å². The highest BCUT2D eigenvalue weighted by Gasteiger charge is 2.40.